The minimum absolute atomic E-state index is 0.122. The quantitative estimate of drug-likeness (QED) is 0.333. The number of carbonyl (C=O) groups excluding carboxylic acids is 3. The van der Waals surface area contributed by atoms with E-state index in [2.05, 4.69) is 5.32 Å². The molecule has 0 aromatic heterocycles. The minimum atomic E-state index is -0.887. The minimum Gasteiger partial charge on any atom is -0.325 e. The lowest BCUT2D eigenvalue weighted by atomic mass is 10.0. The van der Waals surface area contributed by atoms with E-state index in [4.69, 9.17) is 0 Å². The zero-order valence-electron chi connectivity index (χ0n) is 8.43. The number of carbonyl (C=O) groups is 3. The van der Waals surface area contributed by atoms with Crippen LogP contribution in [0.4, 0.5) is 11.4 Å². The Hall–Kier alpha value is -2.57. The molecule has 17 heavy (non-hydrogen) atoms. The number of nitro groups is 1. The number of non-ortho nitro benzene ring substituents is 1. The van der Waals surface area contributed by atoms with Crippen molar-refractivity contribution in [2.45, 2.75) is 6.42 Å². The summed E-state index contributed by atoms with van der Waals surface area (Å²) in [4.78, 5) is 44.0. The van der Waals surface area contributed by atoms with E-state index in [1.165, 1.54) is 6.07 Å². The van der Waals surface area contributed by atoms with E-state index in [9.17, 15) is 24.5 Å². The normalized spacial score (nSPS) is 14.9. The summed E-state index contributed by atoms with van der Waals surface area (Å²) in [6.45, 7) is 0. The number of benzene rings is 1. The van der Waals surface area contributed by atoms with Crippen LogP contribution < -0.4 is 5.32 Å². The van der Waals surface area contributed by atoms with Crippen LogP contribution >= 0.6 is 0 Å². The molecule has 1 aliphatic rings. The molecule has 1 aromatic rings. The third-order valence-corrected chi connectivity index (χ3v) is 2.31. The smallest absolute Gasteiger partial charge is 0.270 e. The molecular formula is C10H6N2O5. The average Bonchev–Trinajstić information content (AvgIpc) is 2.37. The molecular weight excluding hydrogens is 228 g/mol. The number of amides is 1. The summed E-state index contributed by atoms with van der Waals surface area (Å²) in [7, 11) is 0. The molecule has 2 rings (SSSR count). The number of hydrogen-bond acceptors (Lipinski definition) is 5. The van der Waals surface area contributed by atoms with Crippen molar-refractivity contribution < 1.29 is 19.3 Å². The summed E-state index contributed by atoms with van der Waals surface area (Å²) in [6, 6.07) is 3.38. The number of fused-ring (bicyclic) bond motifs is 1. The summed E-state index contributed by atoms with van der Waals surface area (Å²) in [5.74, 6) is -2.36. The Labute approximate surface area is 94.6 Å². The monoisotopic (exact) mass is 234 g/mol. The molecule has 1 heterocycles. The van der Waals surface area contributed by atoms with Gasteiger partial charge in [0.25, 0.3) is 5.69 Å². The Bertz CT molecular complexity index is 564. The van der Waals surface area contributed by atoms with Gasteiger partial charge in [0, 0.05) is 12.1 Å². The Balaban J connectivity index is 2.59. The largest absolute Gasteiger partial charge is 0.325 e. The van der Waals surface area contributed by atoms with Crippen molar-refractivity contribution in [3.8, 4) is 0 Å². The molecule has 0 unspecified atom stereocenters. The number of rotatable bonds is 1. The van der Waals surface area contributed by atoms with Gasteiger partial charge in [-0.15, -0.1) is 0 Å². The van der Waals surface area contributed by atoms with E-state index in [0.29, 0.717) is 0 Å². The topological polar surface area (TPSA) is 106 Å². The molecule has 7 heteroatoms. The highest BCUT2D eigenvalue weighted by Gasteiger charge is 2.28. The molecule has 86 valence electrons. The predicted molar refractivity (Wildman–Crippen MR) is 55.7 cm³/mol. The number of anilines is 1. The maximum Gasteiger partial charge on any atom is 0.270 e. The number of hydrogen-bond donors (Lipinski definition) is 1. The standard InChI is InChI=1S/C10H6N2O5/c13-8-4-9(14)11-7-2-1-5(12(16)17)3-6(7)10(8)15/h1-3H,4H2,(H,11,14). The first-order valence-electron chi connectivity index (χ1n) is 4.65. The number of nitro benzene ring substituents is 1. The van der Waals surface area contributed by atoms with Crippen molar-refractivity contribution >= 4 is 28.8 Å². The lowest BCUT2D eigenvalue weighted by molar-refractivity contribution is -0.384. The fraction of sp³-hybridized carbons (Fsp3) is 0.100. The second-order valence-corrected chi connectivity index (χ2v) is 3.46. The van der Waals surface area contributed by atoms with Crippen molar-refractivity contribution in [1.82, 2.24) is 0 Å². The van der Waals surface area contributed by atoms with Gasteiger partial charge in [-0.2, -0.15) is 0 Å². The van der Waals surface area contributed by atoms with Crippen molar-refractivity contribution in [3.63, 3.8) is 0 Å². The average molecular weight is 234 g/mol. The van der Waals surface area contributed by atoms with Gasteiger partial charge in [0.15, 0.2) is 0 Å². The molecule has 0 bridgehead atoms. The van der Waals surface area contributed by atoms with E-state index >= 15 is 0 Å². The van der Waals surface area contributed by atoms with Crippen LogP contribution in [0.1, 0.15) is 16.8 Å². The number of nitrogens with zero attached hydrogens (tertiary/aromatic N) is 1. The van der Waals surface area contributed by atoms with Gasteiger partial charge in [-0.3, -0.25) is 24.5 Å². The molecule has 0 atom stereocenters. The summed E-state index contributed by atoms with van der Waals surface area (Å²) in [5.41, 5.74) is -0.326. The number of nitrogens with one attached hydrogen (secondary N) is 1. The van der Waals surface area contributed by atoms with Crippen LogP contribution in [0, 0.1) is 10.1 Å². The zero-order valence-corrected chi connectivity index (χ0v) is 8.43. The van der Waals surface area contributed by atoms with Gasteiger partial charge < -0.3 is 5.32 Å². The van der Waals surface area contributed by atoms with Crippen LogP contribution in [0.15, 0.2) is 18.2 Å². The van der Waals surface area contributed by atoms with Crippen LogP contribution in [0.3, 0.4) is 0 Å². The molecule has 1 N–H and O–H groups in total. The van der Waals surface area contributed by atoms with E-state index in [1.807, 2.05) is 0 Å². The first kappa shape index (κ1) is 10.9. The van der Waals surface area contributed by atoms with Gasteiger partial charge in [0.1, 0.15) is 0 Å². The van der Waals surface area contributed by atoms with Gasteiger partial charge in [-0.25, -0.2) is 0 Å². The number of ketones is 2. The van der Waals surface area contributed by atoms with Crippen molar-refractivity contribution in [3.05, 3.63) is 33.9 Å². The molecule has 7 nitrogen and oxygen atoms in total. The third kappa shape index (κ3) is 1.89. The van der Waals surface area contributed by atoms with Gasteiger partial charge in [-0.1, -0.05) is 0 Å². The van der Waals surface area contributed by atoms with Crippen molar-refractivity contribution in [2.75, 3.05) is 5.32 Å². The Kier molecular flexibility index (Phi) is 2.43. The first-order valence-corrected chi connectivity index (χ1v) is 4.65. The van der Waals surface area contributed by atoms with Gasteiger partial charge in [0.05, 0.1) is 22.6 Å². The number of Topliss-reactive ketones (excluding diaryl/α,β-unsaturated/α-hetero) is 2. The second-order valence-electron chi connectivity index (χ2n) is 3.46. The second kappa shape index (κ2) is 3.78. The highest BCUT2D eigenvalue weighted by molar-refractivity contribution is 6.48. The summed E-state index contributed by atoms with van der Waals surface area (Å²) in [6.07, 6.45) is -0.540. The van der Waals surface area contributed by atoms with E-state index in [0.717, 1.165) is 12.1 Å². The molecule has 0 fully saturated rings. The van der Waals surface area contributed by atoms with E-state index < -0.39 is 28.8 Å². The molecule has 0 aliphatic carbocycles. The lowest BCUT2D eigenvalue weighted by Gasteiger charge is -2.03. The molecule has 1 amide bonds. The molecule has 0 saturated carbocycles. The fourth-order valence-electron chi connectivity index (χ4n) is 1.51. The van der Waals surface area contributed by atoms with Crippen molar-refractivity contribution in [2.24, 2.45) is 0 Å². The van der Waals surface area contributed by atoms with Crippen molar-refractivity contribution in [1.29, 1.82) is 0 Å². The van der Waals surface area contributed by atoms with Gasteiger partial charge in [0.2, 0.25) is 17.5 Å². The van der Waals surface area contributed by atoms with Gasteiger partial charge >= 0.3 is 0 Å². The molecule has 1 aliphatic heterocycles. The van der Waals surface area contributed by atoms with Crippen LogP contribution in [-0.2, 0) is 9.59 Å². The van der Waals surface area contributed by atoms with E-state index in [1.54, 1.807) is 0 Å². The SMILES string of the molecule is O=C1CC(=O)C(=O)c2cc([N+](=O)[O-])ccc2N1. The van der Waals surface area contributed by atoms with Crippen LogP contribution in [0.25, 0.3) is 0 Å². The summed E-state index contributed by atoms with van der Waals surface area (Å²) in [5, 5.41) is 12.9. The Morgan fingerprint density at radius 2 is 1.94 bits per heavy atom. The fourth-order valence-corrected chi connectivity index (χ4v) is 1.51. The summed E-state index contributed by atoms with van der Waals surface area (Å²) < 4.78 is 0. The predicted octanol–water partition coefficient (Wildman–Crippen LogP) is 0.689. The third-order valence-electron chi connectivity index (χ3n) is 2.31. The first-order chi connectivity index (χ1) is 7.99. The Morgan fingerprint density at radius 1 is 1.24 bits per heavy atom. The lowest BCUT2D eigenvalue weighted by Crippen LogP contribution is -2.16. The molecule has 0 saturated heterocycles. The van der Waals surface area contributed by atoms with Crippen LogP contribution in [0.5, 0.6) is 0 Å². The highest BCUT2D eigenvalue weighted by Crippen LogP contribution is 2.25. The van der Waals surface area contributed by atoms with Crippen LogP contribution in [-0.4, -0.2) is 22.4 Å². The highest BCUT2D eigenvalue weighted by atomic mass is 16.6. The maximum absolute atomic E-state index is 11.6. The van der Waals surface area contributed by atoms with Gasteiger partial charge in [-0.05, 0) is 6.07 Å². The maximum atomic E-state index is 11.6. The Morgan fingerprint density at radius 3 is 2.59 bits per heavy atom. The summed E-state index contributed by atoms with van der Waals surface area (Å²) >= 11 is 0. The zero-order chi connectivity index (χ0) is 12.6. The van der Waals surface area contributed by atoms with E-state index in [-0.39, 0.29) is 16.9 Å². The molecule has 1 aromatic carbocycles. The van der Waals surface area contributed by atoms with Crippen LogP contribution in [0.2, 0.25) is 0 Å². The molecule has 0 spiro atoms. The molecule has 0 radical (unpaired) electrons.